The summed E-state index contributed by atoms with van der Waals surface area (Å²) in [5.41, 5.74) is 0. The van der Waals surface area contributed by atoms with E-state index in [0.717, 1.165) is 0 Å². The maximum atomic E-state index is 0. The Labute approximate surface area is 123 Å². The minimum absolute atomic E-state index is 0. The van der Waals surface area contributed by atoms with E-state index in [0.29, 0.717) is 0 Å². The zero-order chi connectivity index (χ0) is 0. The van der Waals surface area contributed by atoms with Gasteiger partial charge in [-0.15, -0.1) is 0 Å². The summed E-state index contributed by atoms with van der Waals surface area (Å²) < 4.78 is 0. The molecular formula is H26Mg3O10. The molecule has 0 unspecified atom stereocenters. The van der Waals surface area contributed by atoms with Gasteiger partial charge in [-0.3, -0.25) is 0 Å². The third kappa shape index (κ3) is 546. The molecule has 10 nitrogen and oxygen atoms in total. The van der Waals surface area contributed by atoms with E-state index in [1.165, 1.54) is 0 Å². The summed E-state index contributed by atoms with van der Waals surface area (Å²) in [5.74, 6) is 0. The van der Waals surface area contributed by atoms with Crippen LogP contribution in [0.15, 0.2) is 0 Å². The molecule has 0 aromatic carbocycles. The number of rotatable bonds is 0. The molecule has 0 saturated heterocycles. The van der Waals surface area contributed by atoms with Gasteiger partial charge in [-0.1, -0.05) is 0 Å². The average Bonchev–Trinajstić information content (AvgIpc) is 0. The maximum Gasteiger partial charge on any atom is 0.316 e. The fraction of sp³-hybridized carbons (Fsp3) is 0. The van der Waals surface area contributed by atoms with E-state index in [-0.39, 0.29) is 124 Å². The fourth-order valence-corrected chi connectivity index (χ4v) is 0. The fourth-order valence-electron chi connectivity index (χ4n) is 0. The van der Waals surface area contributed by atoms with Gasteiger partial charge in [0.2, 0.25) is 0 Å². The molecule has 0 aromatic rings. The maximum absolute atomic E-state index is 0. The van der Waals surface area contributed by atoms with Crippen molar-refractivity contribution in [2.75, 3.05) is 0 Å². The molecule has 0 radical (unpaired) electrons. The Hall–Kier alpha value is 1.90. The second-order valence-corrected chi connectivity index (χ2v) is 0. The molecule has 0 bridgehead atoms. The largest absolute Gasteiger partial charge is 0.412 e. The second kappa shape index (κ2) is 641. The highest BCUT2D eigenvalue weighted by Crippen LogP contribution is -0.280. The van der Waals surface area contributed by atoms with Crippen molar-refractivity contribution in [2.24, 2.45) is 0 Å². The smallest absolute Gasteiger partial charge is 0.316 e. The van der Waals surface area contributed by atoms with Crippen LogP contribution in [-0.4, -0.2) is 124 Å². The molecule has 0 aromatic heterocycles. The Morgan fingerprint density at radius 1 is 0.154 bits per heavy atom. The van der Waals surface area contributed by atoms with Crippen LogP contribution in [0.2, 0.25) is 0 Å². The molecule has 0 aliphatic carbocycles. The van der Waals surface area contributed by atoms with E-state index in [1.807, 2.05) is 0 Å². The minimum Gasteiger partial charge on any atom is -0.412 e. The lowest BCUT2D eigenvalue weighted by Crippen LogP contribution is -0.382. The lowest BCUT2D eigenvalue weighted by atomic mass is 16.0. The van der Waals surface area contributed by atoms with Gasteiger partial charge in [-0.2, -0.15) is 0 Å². The monoisotopic (exact) mass is 258 g/mol. The molecule has 0 heterocycles. The Balaban J connectivity index is 0. The number of hydrogen-bond donors (Lipinski definition) is 0. The molecule has 0 aliphatic heterocycles. The van der Waals surface area contributed by atoms with Gasteiger partial charge in [0.1, 0.15) is 0 Å². The first-order valence-corrected chi connectivity index (χ1v) is 0. The molecule has 0 fully saturated rings. The van der Waals surface area contributed by atoms with Crippen LogP contribution in [0.3, 0.4) is 0 Å². The Bertz CT molecular complexity index is 10.1. The predicted molar refractivity (Wildman–Crippen MR) is 61.8 cm³/mol. The van der Waals surface area contributed by atoms with E-state index < -0.39 is 0 Å². The van der Waals surface area contributed by atoms with Crippen molar-refractivity contribution in [1.82, 2.24) is 0 Å². The quantitative estimate of drug-likeness (QED) is 0.365. The summed E-state index contributed by atoms with van der Waals surface area (Å²) in [6.45, 7) is 0. The van der Waals surface area contributed by atoms with Crippen molar-refractivity contribution in [3.63, 3.8) is 0 Å². The molecule has 13 heteroatoms. The lowest BCUT2D eigenvalue weighted by molar-refractivity contribution is 0.823. The van der Waals surface area contributed by atoms with Gasteiger partial charge >= 0.3 is 69.2 Å². The van der Waals surface area contributed by atoms with Crippen molar-refractivity contribution in [2.45, 2.75) is 0 Å². The van der Waals surface area contributed by atoms with Crippen molar-refractivity contribution in [3.8, 4) is 0 Å². The molecule has 0 saturated carbocycles. The van der Waals surface area contributed by atoms with Crippen LogP contribution in [0.1, 0.15) is 0 Å². The number of hydrogen-bond acceptors (Lipinski definition) is 0. The van der Waals surface area contributed by atoms with Crippen LogP contribution in [0, 0.1) is 0 Å². The zero-order valence-electron chi connectivity index (χ0n) is 5.00. The van der Waals surface area contributed by atoms with Crippen molar-refractivity contribution in [3.05, 3.63) is 0 Å². The zero-order valence-corrected chi connectivity index (χ0v) is 5.00. The third-order valence-corrected chi connectivity index (χ3v) is 0. The van der Waals surface area contributed by atoms with Gasteiger partial charge in [0.05, 0.1) is 0 Å². The lowest BCUT2D eigenvalue weighted by Gasteiger charge is -0.413. The topological polar surface area (TPSA) is 315 Å². The summed E-state index contributed by atoms with van der Waals surface area (Å²) in [7, 11) is 0. The third-order valence-electron chi connectivity index (χ3n) is 0. The SMILES string of the molecule is O.O.O.O.O.O.O.O.O.O.[MgH2].[MgH2].[MgH2]. The van der Waals surface area contributed by atoms with E-state index in [1.54, 1.807) is 0 Å². The average molecular weight is 259 g/mol. The first-order valence-electron chi connectivity index (χ1n) is 0. The van der Waals surface area contributed by atoms with E-state index in [9.17, 15) is 0 Å². The van der Waals surface area contributed by atoms with E-state index in [2.05, 4.69) is 0 Å². The standard InChI is InChI=1S/3Mg.10H2O.6H/h;;;10*1H2;;;;;;. The summed E-state index contributed by atoms with van der Waals surface area (Å²) >= 11 is 0. The van der Waals surface area contributed by atoms with Gasteiger partial charge in [-0.25, -0.2) is 0 Å². The van der Waals surface area contributed by atoms with Crippen molar-refractivity contribution in [1.29, 1.82) is 0 Å². The van der Waals surface area contributed by atoms with Gasteiger partial charge < -0.3 is 54.8 Å². The van der Waals surface area contributed by atoms with Gasteiger partial charge in [0.15, 0.2) is 0 Å². The Morgan fingerprint density at radius 2 is 0.154 bits per heavy atom. The highest BCUT2D eigenvalue weighted by atomic mass is 24.3. The van der Waals surface area contributed by atoms with Crippen LogP contribution in [-0.2, 0) is 0 Å². The summed E-state index contributed by atoms with van der Waals surface area (Å²) in [4.78, 5) is 0. The minimum atomic E-state index is 0. The van der Waals surface area contributed by atoms with E-state index in [4.69, 9.17) is 0 Å². The second-order valence-electron chi connectivity index (χ2n) is 0. The predicted octanol–water partition coefficient (Wildman–Crippen LogP) is -11.0. The van der Waals surface area contributed by atoms with Crippen LogP contribution in [0.25, 0.3) is 0 Å². The molecule has 13 heavy (non-hydrogen) atoms. The summed E-state index contributed by atoms with van der Waals surface area (Å²) in [5, 5.41) is 0. The summed E-state index contributed by atoms with van der Waals surface area (Å²) in [6.07, 6.45) is 0. The van der Waals surface area contributed by atoms with Gasteiger partial charge in [0, 0.05) is 0 Å². The van der Waals surface area contributed by atoms with Crippen molar-refractivity contribution >= 4 is 69.2 Å². The normalized spacial score (nSPS) is 0. The van der Waals surface area contributed by atoms with Crippen LogP contribution < -0.4 is 0 Å². The molecule has 0 rings (SSSR count). The molecule has 92 valence electrons. The van der Waals surface area contributed by atoms with E-state index >= 15 is 0 Å². The molecule has 0 aliphatic rings. The highest BCUT2D eigenvalue weighted by molar-refractivity contribution is 5.76. The Morgan fingerprint density at radius 3 is 0.154 bits per heavy atom. The first-order chi connectivity index (χ1) is 0. The molecule has 0 atom stereocenters. The molecule has 20 N–H and O–H groups in total. The molecule has 0 amide bonds. The van der Waals surface area contributed by atoms with Crippen LogP contribution >= 0.6 is 0 Å². The summed E-state index contributed by atoms with van der Waals surface area (Å²) in [6, 6.07) is 0. The van der Waals surface area contributed by atoms with Crippen LogP contribution in [0.4, 0.5) is 0 Å². The first kappa shape index (κ1) is 798. The van der Waals surface area contributed by atoms with Crippen molar-refractivity contribution < 1.29 is 54.8 Å². The van der Waals surface area contributed by atoms with Crippen LogP contribution in [0.5, 0.6) is 0 Å². The Kier molecular flexibility index (Phi) is 39400. The molecule has 0 spiro atoms. The van der Waals surface area contributed by atoms with Gasteiger partial charge in [-0.05, 0) is 0 Å². The highest BCUT2D eigenvalue weighted by Gasteiger charge is 0.318. The van der Waals surface area contributed by atoms with Gasteiger partial charge in [0.25, 0.3) is 0 Å². The molecular weight excluding hydrogens is 233 g/mol.